The summed E-state index contributed by atoms with van der Waals surface area (Å²) in [5, 5.41) is 11.6. The minimum Gasteiger partial charge on any atom is -0.481 e. The van der Waals surface area contributed by atoms with Crippen molar-refractivity contribution in [1.82, 2.24) is 5.32 Å². The standard InChI is InChI=1S/C18H19INO5P/c19-18(26(24,25)13-16(21)22,12-11-14-7-3-1-4-8-14)20-17(23)15-9-5-2-6-10-15/h1-10H,11-13H2,(H,20,23)(H,21,22)(H,24,25). The van der Waals surface area contributed by atoms with Crippen molar-refractivity contribution in [1.29, 1.82) is 0 Å². The highest BCUT2D eigenvalue weighted by Gasteiger charge is 2.47. The Morgan fingerprint density at radius 1 is 1.04 bits per heavy atom. The van der Waals surface area contributed by atoms with E-state index in [-0.39, 0.29) is 6.42 Å². The van der Waals surface area contributed by atoms with Gasteiger partial charge in [-0.05, 0) is 53.1 Å². The van der Waals surface area contributed by atoms with E-state index in [1.54, 1.807) is 52.9 Å². The predicted octanol–water partition coefficient (Wildman–Crippen LogP) is 3.49. The Hall–Kier alpha value is -1.70. The van der Waals surface area contributed by atoms with E-state index >= 15 is 0 Å². The zero-order valence-corrected chi connectivity index (χ0v) is 16.9. The summed E-state index contributed by atoms with van der Waals surface area (Å²) < 4.78 is 11.2. The number of carboxylic acid groups (broad SMARTS) is 1. The summed E-state index contributed by atoms with van der Waals surface area (Å²) in [6.07, 6.45) is -0.375. The normalized spacial score (nSPS) is 15.5. The molecule has 0 saturated carbocycles. The number of carboxylic acids is 1. The van der Waals surface area contributed by atoms with Crippen molar-refractivity contribution in [2.45, 2.75) is 16.1 Å². The van der Waals surface area contributed by atoms with Crippen LogP contribution >= 0.6 is 30.0 Å². The van der Waals surface area contributed by atoms with Crippen molar-refractivity contribution in [2.75, 3.05) is 6.16 Å². The van der Waals surface area contributed by atoms with Gasteiger partial charge in [0.2, 0.25) is 7.37 Å². The van der Waals surface area contributed by atoms with Gasteiger partial charge in [0.1, 0.15) is 6.16 Å². The molecule has 3 N–H and O–H groups in total. The van der Waals surface area contributed by atoms with E-state index < -0.39 is 28.7 Å². The molecule has 2 aromatic rings. The van der Waals surface area contributed by atoms with Gasteiger partial charge in [-0.15, -0.1) is 0 Å². The first kappa shape index (κ1) is 20.6. The number of carbonyl (C=O) groups is 2. The molecule has 0 aromatic heterocycles. The quantitative estimate of drug-likeness (QED) is 0.229. The molecule has 1 amide bonds. The third-order valence-corrected chi connectivity index (χ3v) is 9.05. The van der Waals surface area contributed by atoms with E-state index in [1.165, 1.54) is 0 Å². The lowest BCUT2D eigenvalue weighted by Crippen LogP contribution is -2.44. The molecular formula is C18H19INO5P. The summed E-state index contributed by atoms with van der Waals surface area (Å²) in [6.45, 7) is 0. The molecule has 0 radical (unpaired) electrons. The number of alkyl halides is 1. The summed E-state index contributed by atoms with van der Waals surface area (Å²) in [5.41, 5.74) is 1.27. The fraction of sp³-hybridized carbons (Fsp3) is 0.222. The van der Waals surface area contributed by atoms with Crippen LogP contribution in [-0.4, -0.2) is 31.3 Å². The van der Waals surface area contributed by atoms with Gasteiger partial charge in [-0.1, -0.05) is 48.5 Å². The third kappa shape index (κ3) is 5.40. The van der Waals surface area contributed by atoms with Crippen molar-refractivity contribution >= 4 is 41.8 Å². The van der Waals surface area contributed by atoms with E-state index in [1.807, 2.05) is 30.3 Å². The summed E-state index contributed by atoms with van der Waals surface area (Å²) >= 11 is 1.71. The van der Waals surface area contributed by atoms with Crippen LogP contribution in [0.4, 0.5) is 0 Å². The number of nitrogens with one attached hydrogen (secondary N) is 1. The molecule has 2 unspecified atom stereocenters. The molecule has 0 bridgehead atoms. The van der Waals surface area contributed by atoms with Crippen LogP contribution in [0.5, 0.6) is 0 Å². The molecule has 138 valence electrons. The second kappa shape index (κ2) is 8.79. The predicted molar refractivity (Wildman–Crippen MR) is 108 cm³/mol. The van der Waals surface area contributed by atoms with Crippen LogP contribution in [0.2, 0.25) is 0 Å². The first-order chi connectivity index (χ1) is 12.2. The van der Waals surface area contributed by atoms with Gasteiger partial charge in [-0.3, -0.25) is 14.2 Å². The van der Waals surface area contributed by atoms with Gasteiger partial charge < -0.3 is 15.3 Å². The number of hydrogen-bond donors (Lipinski definition) is 3. The molecule has 0 fully saturated rings. The molecule has 0 aliphatic rings. The highest BCUT2D eigenvalue weighted by molar-refractivity contribution is 14.1. The maximum absolute atomic E-state index is 12.8. The van der Waals surface area contributed by atoms with Gasteiger partial charge >= 0.3 is 5.97 Å². The zero-order valence-electron chi connectivity index (χ0n) is 13.8. The fourth-order valence-corrected chi connectivity index (χ4v) is 4.80. The molecule has 2 aromatic carbocycles. The van der Waals surface area contributed by atoms with Crippen molar-refractivity contribution in [3.8, 4) is 0 Å². The van der Waals surface area contributed by atoms with Crippen LogP contribution in [-0.2, 0) is 15.8 Å². The largest absolute Gasteiger partial charge is 0.481 e. The van der Waals surface area contributed by atoms with E-state index in [9.17, 15) is 19.0 Å². The van der Waals surface area contributed by atoms with Gasteiger partial charge in [0, 0.05) is 5.56 Å². The Morgan fingerprint density at radius 2 is 1.58 bits per heavy atom. The number of hydrogen-bond acceptors (Lipinski definition) is 3. The summed E-state index contributed by atoms with van der Waals surface area (Å²) in [4.78, 5) is 34.0. The van der Waals surface area contributed by atoms with Crippen molar-refractivity contribution < 1.29 is 24.2 Å². The first-order valence-electron chi connectivity index (χ1n) is 7.88. The third-order valence-electron chi connectivity index (χ3n) is 3.83. The van der Waals surface area contributed by atoms with Crippen molar-refractivity contribution in [2.24, 2.45) is 0 Å². The lowest BCUT2D eigenvalue weighted by molar-refractivity contribution is -0.134. The van der Waals surface area contributed by atoms with Gasteiger partial charge in [0.25, 0.3) is 5.91 Å². The van der Waals surface area contributed by atoms with E-state index in [0.717, 1.165) is 5.56 Å². The van der Waals surface area contributed by atoms with Gasteiger partial charge in [0.05, 0.1) is 0 Å². The minimum absolute atomic E-state index is 0.122. The smallest absolute Gasteiger partial charge is 0.313 e. The number of halogens is 1. The van der Waals surface area contributed by atoms with Gasteiger partial charge in [-0.2, -0.15) is 0 Å². The number of carbonyl (C=O) groups excluding carboxylic acids is 1. The minimum atomic E-state index is -4.23. The van der Waals surface area contributed by atoms with Gasteiger partial charge in [-0.25, -0.2) is 0 Å². The Labute approximate surface area is 165 Å². The average Bonchev–Trinajstić information content (AvgIpc) is 2.60. The maximum Gasteiger partial charge on any atom is 0.313 e. The highest BCUT2D eigenvalue weighted by atomic mass is 127. The van der Waals surface area contributed by atoms with Crippen molar-refractivity contribution in [3.05, 3.63) is 71.8 Å². The molecule has 2 atom stereocenters. The van der Waals surface area contributed by atoms with Crippen LogP contribution in [0, 0.1) is 0 Å². The molecule has 26 heavy (non-hydrogen) atoms. The number of aliphatic carboxylic acids is 1. The number of rotatable bonds is 8. The zero-order chi connectivity index (χ0) is 19.2. The van der Waals surface area contributed by atoms with Crippen LogP contribution < -0.4 is 5.32 Å². The molecule has 6 nitrogen and oxygen atoms in total. The summed E-state index contributed by atoms with van der Waals surface area (Å²) in [7, 11) is -4.23. The molecule has 0 aliphatic carbocycles. The maximum atomic E-state index is 12.8. The van der Waals surface area contributed by atoms with Crippen LogP contribution in [0.1, 0.15) is 22.3 Å². The second-order valence-corrected chi connectivity index (χ2v) is 11.0. The number of amides is 1. The average molecular weight is 487 g/mol. The molecule has 0 spiro atoms. The molecule has 8 heteroatoms. The summed E-state index contributed by atoms with van der Waals surface area (Å²) in [6, 6.07) is 17.6. The summed E-state index contributed by atoms with van der Waals surface area (Å²) in [5.74, 6) is -1.90. The Kier molecular flexibility index (Phi) is 6.97. The van der Waals surface area contributed by atoms with E-state index in [0.29, 0.717) is 12.0 Å². The lowest BCUT2D eigenvalue weighted by atomic mass is 10.1. The topological polar surface area (TPSA) is 104 Å². The Bertz CT molecular complexity index is 815. The van der Waals surface area contributed by atoms with Crippen LogP contribution in [0.3, 0.4) is 0 Å². The monoisotopic (exact) mass is 487 g/mol. The van der Waals surface area contributed by atoms with E-state index in [2.05, 4.69) is 5.32 Å². The Morgan fingerprint density at radius 3 is 2.12 bits per heavy atom. The molecule has 0 saturated heterocycles. The molecule has 2 rings (SSSR count). The number of benzene rings is 2. The van der Waals surface area contributed by atoms with E-state index in [4.69, 9.17) is 5.11 Å². The molecular weight excluding hydrogens is 468 g/mol. The number of aryl methyl sites for hydroxylation is 1. The first-order valence-corrected chi connectivity index (χ1v) is 10.8. The van der Waals surface area contributed by atoms with Crippen molar-refractivity contribution in [3.63, 3.8) is 0 Å². The van der Waals surface area contributed by atoms with Crippen LogP contribution in [0.25, 0.3) is 0 Å². The molecule has 0 heterocycles. The SMILES string of the molecule is O=C(O)CP(=O)(O)C(I)(CCc1ccccc1)NC(=O)c1ccccc1. The highest BCUT2D eigenvalue weighted by Crippen LogP contribution is 2.58. The second-order valence-electron chi connectivity index (χ2n) is 5.82. The lowest BCUT2D eigenvalue weighted by Gasteiger charge is -2.32. The fourth-order valence-electron chi connectivity index (χ4n) is 2.42. The Balaban J connectivity index is 2.26. The molecule has 0 aliphatic heterocycles. The van der Waals surface area contributed by atoms with Gasteiger partial charge in [0.15, 0.2) is 3.29 Å². The van der Waals surface area contributed by atoms with Crippen LogP contribution in [0.15, 0.2) is 60.7 Å².